The molecule has 0 unspecified atom stereocenters. The lowest BCUT2D eigenvalue weighted by atomic mass is 10.1. The van der Waals surface area contributed by atoms with E-state index >= 15 is 0 Å². The van der Waals surface area contributed by atoms with Gasteiger partial charge in [-0.1, -0.05) is 47.5 Å². The third-order valence-electron chi connectivity index (χ3n) is 4.19. The molecule has 0 atom stereocenters. The van der Waals surface area contributed by atoms with E-state index in [2.05, 4.69) is 20.5 Å². The van der Waals surface area contributed by atoms with Crippen LogP contribution in [0.15, 0.2) is 54.6 Å². The Kier molecular flexibility index (Phi) is 5.42. The predicted octanol–water partition coefficient (Wildman–Crippen LogP) is 5.20. The summed E-state index contributed by atoms with van der Waals surface area (Å²) in [6, 6.07) is 17.0. The van der Waals surface area contributed by atoms with E-state index in [9.17, 15) is 4.79 Å². The van der Waals surface area contributed by atoms with Gasteiger partial charge >= 0.3 is 5.97 Å². The maximum absolute atomic E-state index is 12.3. The molecule has 2 heterocycles. The van der Waals surface area contributed by atoms with Crippen LogP contribution in [-0.4, -0.2) is 31.7 Å². The standard InChI is InChI=1S/C21H17ClN4O2S/c1-3-28-21(27)16-12-18(26(24-16)17-10-5-4-9-15(17)22)19-23-20(29-25-19)14-8-6-7-13(2)11-14/h4-12H,3H2,1-2H3. The Morgan fingerprint density at radius 3 is 2.76 bits per heavy atom. The summed E-state index contributed by atoms with van der Waals surface area (Å²) in [5, 5.41) is 5.70. The van der Waals surface area contributed by atoms with Crippen molar-refractivity contribution in [2.45, 2.75) is 13.8 Å². The fourth-order valence-electron chi connectivity index (χ4n) is 2.88. The number of esters is 1. The van der Waals surface area contributed by atoms with Crippen molar-refractivity contribution in [1.82, 2.24) is 19.1 Å². The van der Waals surface area contributed by atoms with Crippen LogP contribution in [0.3, 0.4) is 0 Å². The minimum atomic E-state index is -0.506. The first-order chi connectivity index (χ1) is 14.1. The fraction of sp³-hybridized carbons (Fsp3) is 0.143. The topological polar surface area (TPSA) is 69.9 Å². The first-order valence-corrected chi connectivity index (χ1v) is 10.1. The van der Waals surface area contributed by atoms with Crippen LogP contribution < -0.4 is 0 Å². The van der Waals surface area contributed by atoms with Crippen LogP contribution in [0.2, 0.25) is 5.02 Å². The van der Waals surface area contributed by atoms with Crippen molar-refractivity contribution < 1.29 is 9.53 Å². The molecule has 4 aromatic rings. The van der Waals surface area contributed by atoms with E-state index < -0.39 is 5.97 Å². The molecule has 0 aliphatic heterocycles. The number of nitrogens with zero attached hydrogens (tertiary/aromatic N) is 4. The highest BCUT2D eigenvalue weighted by Gasteiger charge is 2.21. The van der Waals surface area contributed by atoms with Gasteiger partial charge in [0.05, 0.1) is 17.3 Å². The lowest BCUT2D eigenvalue weighted by Gasteiger charge is -2.06. The zero-order valence-corrected chi connectivity index (χ0v) is 17.4. The Bertz CT molecular complexity index is 1180. The van der Waals surface area contributed by atoms with Gasteiger partial charge in [0.15, 0.2) is 11.5 Å². The average Bonchev–Trinajstić information content (AvgIpc) is 3.36. The first kappa shape index (κ1) is 19.3. The largest absolute Gasteiger partial charge is 0.461 e. The third-order valence-corrected chi connectivity index (χ3v) is 5.28. The van der Waals surface area contributed by atoms with Crippen LogP contribution in [0.4, 0.5) is 0 Å². The second kappa shape index (κ2) is 8.14. The highest BCUT2D eigenvalue weighted by Crippen LogP contribution is 2.30. The van der Waals surface area contributed by atoms with Crippen molar-refractivity contribution in [3.8, 4) is 27.8 Å². The summed E-state index contributed by atoms with van der Waals surface area (Å²) in [4.78, 5) is 16.9. The molecule has 8 heteroatoms. The minimum absolute atomic E-state index is 0.175. The fourth-order valence-corrected chi connectivity index (χ4v) is 3.76. The number of benzene rings is 2. The number of hydrogen-bond donors (Lipinski definition) is 0. The van der Waals surface area contributed by atoms with Crippen LogP contribution in [-0.2, 0) is 4.74 Å². The van der Waals surface area contributed by atoms with Gasteiger partial charge in [-0.2, -0.15) is 9.47 Å². The molecular weight excluding hydrogens is 408 g/mol. The second-order valence-corrected chi connectivity index (χ2v) is 7.45. The van der Waals surface area contributed by atoms with E-state index in [1.807, 2.05) is 43.3 Å². The molecule has 0 fully saturated rings. The van der Waals surface area contributed by atoms with Crippen LogP contribution in [0, 0.1) is 6.92 Å². The zero-order chi connectivity index (χ0) is 20.4. The van der Waals surface area contributed by atoms with Gasteiger partial charge in [-0.05, 0) is 43.6 Å². The molecule has 0 aliphatic rings. The SMILES string of the molecule is CCOC(=O)c1cc(-c2nsc(-c3cccc(C)c3)n2)n(-c2ccccc2Cl)n1. The summed E-state index contributed by atoms with van der Waals surface area (Å²) in [5.74, 6) is -0.0387. The maximum Gasteiger partial charge on any atom is 0.358 e. The van der Waals surface area contributed by atoms with Gasteiger partial charge in [-0.15, -0.1) is 0 Å². The molecule has 0 saturated heterocycles. The molecule has 0 radical (unpaired) electrons. The van der Waals surface area contributed by atoms with Gasteiger partial charge in [0.2, 0.25) is 0 Å². The molecule has 2 aromatic heterocycles. The summed E-state index contributed by atoms with van der Waals surface area (Å²) in [6.45, 7) is 4.04. The molecule has 4 rings (SSSR count). The Hall–Kier alpha value is -3.03. The van der Waals surface area contributed by atoms with E-state index in [-0.39, 0.29) is 12.3 Å². The number of hydrogen-bond acceptors (Lipinski definition) is 6. The van der Waals surface area contributed by atoms with E-state index in [1.165, 1.54) is 11.5 Å². The molecule has 146 valence electrons. The molecule has 6 nitrogen and oxygen atoms in total. The van der Waals surface area contributed by atoms with Crippen molar-refractivity contribution in [2.24, 2.45) is 0 Å². The Labute approximate surface area is 176 Å². The van der Waals surface area contributed by atoms with Crippen molar-refractivity contribution in [1.29, 1.82) is 0 Å². The number of rotatable bonds is 5. The molecule has 29 heavy (non-hydrogen) atoms. The number of para-hydroxylation sites is 1. The minimum Gasteiger partial charge on any atom is -0.461 e. The van der Waals surface area contributed by atoms with Crippen LogP contribution in [0.1, 0.15) is 23.0 Å². The number of carbonyl (C=O) groups is 1. The monoisotopic (exact) mass is 424 g/mol. The highest BCUT2D eigenvalue weighted by atomic mass is 35.5. The molecule has 0 spiro atoms. The van der Waals surface area contributed by atoms with Crippen LogP contribution >= 0.6 is 23.1 Å². The molecule has 0 aliphatic carbocycles. The van der Waals surface area contributed by atoms with Crippen molar-refractivity contribution in [3.63, 3.8) is 0 Å². The Morgan fingerprint density at radius 2 is 2.00 bits per heavy atom. The second-order valence-electron chi connectivity index (χ2n) is 6.29. The molecule has 0 saturated carbocycles. The Balaban J connectivity index is 1.82. The van der Waals surface area contributed by atoms with Gasteiger partial charge in [-0.3, -0.25) is 0 Å². The van der Waals surface area contributed by atoms with E-state index in [4.69, 9.17) is 16.3 Å². The van der Waals surface area contributed by atoms with E-state index in [0.717, 1.165) is 16.1 Å². The highest BCUT2D eigenvalue weighted by molar-refractivity contribution is 7.09. The maximum atomic E-state index is 12.3. The molecule has 0 amide bonds. The number of aryl methyl sites for hydroxylation is 1. The van der Waals surface area contributed by atoms with E-state index in [0.29, 0.717) is 22.2 Å². The summed E-state index contributed by atoms with van der Waals surface area (Å²) >= 11 is 7.66. The van der Waals surface area contributed by atoms with Crippen molar-refractivity contribution in [2.75, 3.05) is 6.61 Å². The summed E-state index contributed by atoms with van der Waals surface area (Å²) < 4.78 is 11.2. The molecule has 2 aromatic carbocycles. The lowest BCUT2D eigenvalue weighted by molar-refractivity contribution is 0.0519. The van der Waals surface area contributed by atoms with E-state index in [1.54, 1.807) is 23.7 Å². The third kappa shape index (κ3) is 3.92. The Morgan fingerprint density at radius 1 is 1.17 bits per heavy atom. The van der Waals surface area contributed by atoms with Gasteiger partial charge in [0.1, 0.15) is 10.7 Å². The van der Waals surface area contributed by atoms with Crippen molar-refractivity contribution >= 4 is 29.1 Å². The summed E-state index contributed by atoms with van der Waals surface area (Å²) in [5.41, 5.74) is 3.50. The molecular formula is C21H17ClN4O2S. The average molecular weight is 425 g/mol. The quantitative estimate of drug-likeness (QED) is 0.412. The van der Waals surface area contributed by atoms with Gasteiger partial charge in [0.25, 0.3) is 0 Å². The van der Waals surface area contributed by atoms with Gasteiger partial charge < -0.3 is 4.74 Å². The normalized spacial score (nSPS) is 10.9. The molecule has 0 N–H and O–H groups in total. The summed E-state index contributed by atoms with van der Waals surface area (Å²) in [7, 11) is 0. The number of carbonyl (C=O) groups excluding carboxylic acids is 1. The molecule has 0 bridgehead atoms. The lowest BCUT2D eigenvalue weighted by Crippen LogP contribution is -2.07. The summed E-state index contributed by atoms with van der Waals surface area (Å²) in [6.07, 6.45) is 0. The zero-order valence-electron chi connectivity index (χ0n) is 15.8. The first-order valence-electron chi connectivity index (χ1n) is 9.00. The predicted molar refractivity (Wildman–Crippen MR) is 114 cm³/mol. The number of aromatic nitrogens is 4. The van der Waals surface area contributed by atoms with Gasteiger partial charge in [-0.25, -0.2) is 14.5 Å². The van der Waals surface area contributed by atoms with Crippen molar-refractivity contribution in [3.05, 3.63) is 70.9 Å². The van der Waals surface area contributed by atoms with Crippen LogP contribution in [0.5, 0.6) is 0 Å². The van der Waals surface area contributed by atoms with Crippen LogP contribution in [0.25, 0.3) is 27.8 Å². The smallest absolute Gasteiger partial charge is 0.358 e. The number of halogens is 1. The number of ether oxygens (including phenoxy) is 1. The van der Waals surface area contributed by atoms with Gasteiger partial charge in [0, 0.05) is 11.6 Å².